The average molecular weight is 330 g/mol. The zero-order valence-electron chi connectivity index (χ0n) is 13.6. The molecule has 0 saturated heterocycles. The monoisotopic (exact) mass is 330 g/mol. The zero-order valence-corrected chi connectivity index (χ0v) is 13.6. The molecule has 1 unspecified atom stereocenters. The number of carbonyl (C=O) groups is 1. The minimum absolute atomic E-state index is 0.134. The third kappa shape index (κ3) is 3.78. The average Bonchev–Trinajstić information content (AvgIpc) is 2.67. The maximum absolute atomic E-state index is 11.3. The van der Waals surface area contributed by atoms with Crippen LogP contribution in [0.15, 0.2) is 91.5 Å². The molecular formula is C22H18O3. The van der Waals surface area contributed by atoms with E-state index in [0.29, 0.717) is 5.75 Å². The molecule has 0 radical (unpaired) electrons. The van der Waals surface area contributed by atoms with Crippen LogP contribution < -0.4 is 4.74 Å². The molecule has 0 saturated carbocycles. The summed E-state index contributed by atoms with van der Waals surface area (Å²) in [5.41, 5.74) is 3.30. The van der Waals surface area contributed by atoms with Gasteiger partial charge in [0, 0.05) is 0 Å². The summed E-state index contributed by atoms with van der Waals surface area (Å²) < 4.78 is 5.89. The van der Waals surface area contributed by atoms with Gasteiger partial charge in [-0.3, -0.25) is 0 Å². The summed E-state index contributed by atoms with van der Waals surface area (Å²) >= 11 is 0. The molecule has 0 aliphatic heterocycles. The highest BCUT2D eigenvalue weighted by atomic mass is 16.5. The molecule has 1 N–H and O–H groups in total. The van der Waals surface area contributed by atoms with Crippen LogP contribution in [-0.4, -0.2) is 11.1 Å². The predicted octanol–water partition coefficient (Wildman–Crippen LogP) is 5.36. The second kappa shape index (κ2) is 7.49. The number of para-hydroxylation sites is 1. The van der Waals surface area contributed by atoms with E-state index < -0.39 is 12.1 Å². The molecule has 3 aromatic carbocycles. The second-order valence-corrected chi connectivity index (χ2v) is 5.56. The smallest absolute Gasteiger partial charge is 0.339 e. The number of hydrogen-bond donors (Lipinski definition) is 1. The number of aromatic carboxylic acids is 1. The van der Waals surface area contributed by atoms with Crippen molar-refractivity contribution in [3.05, 3.63) is 103 Å². The first-order valence-electron chi connectivity index (χ1n) is 7.96. The molecule has 3 aromatic rings. The van der Waals surface area contributed by atoms with Crippen molar-refractivity contribution in [2.45, 2.75) is 6.10 Å². The Hall–Kier alpha value is -3.33. The van der Waals surface area contributed by atoms with Crippen LogP contribution in [0.1, 0.15) is 22.0 Å². The Morgan fingerprint density at radius 2 is 1.48 bits per heavy atom. The van der Waals surface area contributed by atoms with E-state index in [1.165, 1.54) is 6.07 Å². The predicted molar refractivity (Wildman–Crippen MR) is 98.8 cm³/mol. The summed E-state index contributed by atoms with van der Waals surface area (Å²) in [7, 11) is 0. The van der Waals surface area contributed by atoms with E-state index in [0.717, 1.165) is 16.7 Å². The molecule has 3 rings (SSSR count). The van der Waals surface area contributed by atoms with E-state index in [2.05, 4.69) is 18.7 Å². The summed E-state index contributed by atoms with van der Waals surface area (Å²) in [5.74, 6) is -0.690. The summed E-state index contributed by atoms with van der Waals surface area (Å²) in [6.45, 7) is 3.82. The molecular weight excluding hydrogens is 312 g/mol. The third-order valence-electron chi connectivity index (χ3n) is 3.93. The number of rotatable bonds is 6. The van der Waals surface area contributed by atoms with Gasteiger partial charge in [-0.05, 0) is 34.9 Å². The van der Waals surface area contributed by atoms with Gasteiger partial charge in [-0.25, -0.2) is 4.79 Å². The first-order chi connectivity index (χ1) is 12.2. The van der Waals surface area contributed by atoms with Gasteiger partial charge in [-0.15, -0.1) is 0 Å². The van der Waals surface area contributed by atoms with E-state index in [-0.39, 0.29) is 5.56 Å². The van der Waals surface area contributed by atoms with Crippen LogP contribution in [0, 0.1) is 0 Å². The zero-order chi connectivity index (χ0) is 17.6. The quantitative estimate of drug-likeness (QED) is 0.619. The van der Waals surface area contributed by atoms with Crippen molar-refractivity contribution < 1.29 is 14.6 Å². The van der Waals surface area contributed by atoms with Crippen molar-refractivity contribution in [1.82, 2.24) is 0 Å². The number of benzene rings is 3. The lowest BCUT2D eigenvalue weighted by Crippen LogP contribution is -2.08. The Labute approximate surface area is 146 Å². The summed E-state index contributed by atoms with van der Waals surface area (Å²) in [5, 5.41) is 9.28. The van der Waals surface area contributed by atoms with E-state index >= 15 is 0 Å². The molecule has 0 aromatic heterocycles. The fraction of sp³-hybridized carbons (Fsp3) is 0.0455. The largest absolute Gasteiger partial charge is 0.481 e. The van der Waals surface area contributed by atoms with Crippen molar-refractivity contribution in [3.63, 3.8) is 0 Å². The number of hydrogen-bond acceptors (Lipinski definition) is 2. The fourth-order valence-corrected chi connectivity index (χ4v) is 2.63. The molecule has 25 heavy (non-hydrogen) atoms. The summed E-state index contributed by atoms with van der Waals surface area (Å²) in [4.78, 5) is 11.3. The van der Waals surface area contributed by atoms with Gasteiger partial charge in [0.25, 0.3) is 0 Å². The van der Waals surface area contributed by atoms with Gasteiger partial charge >= 0.3 is 5.97 Å². The Balaban J connectivity index is 1.85. The van der Waals surface area contributed by atoms with Gasteiger partial charge in [-0.2, -0.15) is 0 Å². The lowest BCUT2D eigenvalue weighted by molar-refractivity contribution is 0.0690. The second-order valence-electron chi connectivity index (χ2n) is 5.56. The SMILES string of the molecule is C=CC(Oc1ccccc1C(=O)O)c1ccc(-c2ccccc2)cc1. The molecule has 3 nitrogen and oxygen atoms in total. The van der Waals surface area contributed by atoms with Gasteiger partial charge in [0.2, 0.25) is 0 Å². The van der Waals surface area contributed by atoms with Crippen LogP contribution in [0.3, 0.4) is 0 Å². The minimum atomic E-state index is -1.02. The standard InChI is InChI=1S/C22H18O3/c1-2-20(25-21-11-7-6-10-19(21)22(23)24)18-14-12-17(13-15-18)16-8-4-3-5-9-16/h2-15,20H,1H2,(H,23,24). The topological polar surface area (TPSA) is 46.5 Å². The highest BCUT2D eigenvalue weighted by Gasteiger charge is 2.15. The minimum Gasteiger partial charge on any atom is -0.481 e. The normalized spacial score (nSPS) is 11.5. The third-order valence-corrected chi connectivity index (χ3v) is 3.93. The Morgan fingerprint density at radius 1 is 0.880 bits per heavy atom. The van der Waals surface area contributed by atoms with Crippen molar-refractivity contribution >= 4 is 5.97 Å². The van der Waals surface area contributed by atoms with Crippen LogP contribution in [-0.2, 0) is 0 Å². The molecule has 124 valence electrons. The molecule has 0 amide bonds. The van der Waals surface area contributed by atoms with Gasteiger partial charge in [0.05, 0.1) is 0 Å². The van der Waals surface area contributed by atoms with Crippen LogP contribution in [0.5, 0.6) is 5.75 Å². The van der Waals surface area contributed by atoms with Crippen LogP contribution in [0.25, 0.3) is 11.1 Å². The highest BCUT2D eigenvalue weighted by Crippen LogP contribution is 2.28. The first kappa shape index (κ1) is 16.5. The lowest BCUT2D eigenvalue weighted by atomic mass is 10.0. The van der Waals surface area contributed by atoms with Crippen molar-refractivity contribution in [3.8, 4) is 16.9 Å². The molecule has 1 atom stereocenters. The molecule has 0 aliphatic carbocycles. The Morgan fingerprint density at radius 3 is 2.12 bits per heavy atom. The molecule has 3 heteroatoms. The van der Waals surface area contributed by atoms with E-state index in [4.69, 9.17) is 4.74 Å². The number of ether oxygens (including phenoxy) is 1. The number of carboxylic acids is 1. The summed E-state index contributed by atoms with van der Waals surface area (Å²) in [6, 6.07) is 24.7. The van der Waals surface area contributed by atoms with Crippen molar-refractivity contribution in [1.29, 1.82) is 0 Å². The van der Waals surface area contributed by atoms with Gasteiger partial charge in [0.15, 0.2) is 0 Å². The molecule has 0 spiro atoms. The number of carboxylic acid groups (broad SMARTS) is 1. The lowest BCUT2D eigenvalue weighted by Gasteiger charge is -2.17. The van der Waals surface area contributed by atoms with Crippen LogP contribution >= 0.6 is 0 Å². The summed E-state index contributed by atoms with van der Waals surface area (Å²) in [6.07, 6.45) is 1.24. The van der Waals surface area contributed by atoms with Gasteiger partial charge in [0.1, 0.15) is 17.4 Å². The van der Waals surface area contributed by atoms with E-state index in [1.54, 1.807) is 24.3 Å². The van der Waals surface area contributed by atoms with E-state index in [1.807, 2.05) is 42.5 Å². The van der Waals surface area contributed by atoms with Crippen LogP contribution in [0.4, 0.5) is 0 Å². The maximum atomic E-state index is 11.3. The van der Waals surface area contributed by atoms with Crippen molar-refractivity contribution in [2.24, 2.45) is 0 Å². The molecule has 0 aliphatic rings. The van der Waals surface area contributed by atoms with Gasteiger partial charge < -0.3 is 9.84 Å². The van der Waals surface area contributed by atoms with Gasteiger partial charge in [-0.1, -0.05) is 73.3 Å². The maximum Gasteiger partial charge on any atom is 0.339 e. The highest BCUT2D eigenvalue weighted by molar-refractivity contribution is 5.90. The Kier molecular flexibility index (Phi) is 4.95. The van der Waals surface area contributed by atoms with Crippen molar-refractivity contribution in [2.75, 3.05) is 0 Å². The molecule has 0 bridgehead atoms. The van der Waals surface area contributed by atoms with E-state index in [9.17, 15) is 9.90 Å². The fourth-order valence-electron chi connectivity index (χ4n) is 2.63. The Bertz CT molecular complexity index is 867. The first-order valence-corrected chi connectivity index (χ1v) is 7.96. The molecule has 0 heterocycles. The molecule has 0 fully saturated rings. The van der Waals surface area contributed by atoms with Crippen LogP contribution in [0.2, 0.25) is 0 Å².